The second-order valence-corrected chi connectivity index (χ2v) is 6.08. The average molecular weight is 277 g/mol. The van der Waals surface area contributed by atoms with Gasteiger partial charge in [0.15, 0.2) is 0 Å². The lowest BCUT2D eigenvalue weighted by Crippen LogP contribution is -2.02. The van der Waals surface area contributed by atoms with Crippen molar-refractivity contribution >= 4 is 26.4 Å². The minimum atomic E-state index is 0.662. The summed E-state index contributed by atoms with van der Waals surface area (Å²) in [5.41, 5.74) is 5.10. The molecule has 5 rings (SSSR count). The Labute approximate surface area is 119 Å². The van der Waals surface area contributed by atoms with Gasteiger partial charge in [0.2, 0.25) is 0 Å². The highest BCUT2D eigenvalue weighted by molar-refractivity contribution is 7.24. The van der Waals surface area contributed by atoms with Gasteiger partial charge >= 0.3 is 0 Å². The first-order valence-corrected chi connectivity index (χ1v) is 7.47. The molecule has 4 aromatic rings. The molecule has 2 aromatic heterocycles. The van der Waals surface area contributed by atoms with E-state index in [9.17, 15) is 0 Å². The van der Waals surface area contributed by atoms with Crippen molar-refractivity contribution in [3.05, 3.63) is 60.3 Å². The van der Waals surface area contributed by atoms with Gasteiger partial charge in [-0.25, -0.2) is 0 Å². The van der Waals surface area contributed by atoms with E-state index in [1.807, 2.05) is 23.5 Å². The molecular weight excluding hydrogens is 266 g/mol. The Morgan fingerprint density at radius 1 is 0.950 bits per heavy atom. The number of rotatable bonds is 0. The van der Waals surface area contributed by atoms with E-state index in [0.29, 0.717) is 6.61 Å². The molecule has 2 nitrogen and oxygen atoms in total. The molecule has 20 heavy (non-hydrogen) atoms. The van der Waals surface area contributed by atoms with Gasteiger partial charge in [-0.3, -0.25) is 0 Å². The highest BCUT2D eigenvalue weighted by atomic mass is 32.1. The summed E-state index contributed by atoms with van der Waals surface area (Å²) in [6, 6.07) is 16.8. The maximum atomic E-state index is 5.91. The van der Waals surface area contributed by atoms with Gasteiger partial charge in [-0.2, -0.15) is 0 Å². The molecule has 0 bridgehead atoms. The Morgan fingerprint density at radius 3 is 2.80 bits per heavy atom. The zero-order chi connectivity index (χ0) is 13.1. The Bertz CT molecular complexity index is 964. The Morgan fingerprint density at radius 2 is 1.80 bits per heavy atom. The molecule has 1 aliphatic rings. The third-order valence-electron chi connectivity index (χ3n) is 3.94. The van der Waals surface area contributed by atoms with Gasteiger partial charge in [-0.1, -0.05) is 30.3 Å². The molecular formula is C17H11NOS. The smallest absolute Gasteiger partial charge is 0.127 e. The number of fused-ring (bicyclic) bond motifs is 7. The fourth-order valence-electron chi connectivity index (χ4n) is 3.00. The van der Waals surface area contributed by atoms with Crippen LogP contribution < -0.4 is 4.74 Å². The monoisotopic (exact) mass is 277 g/mol. The van der Waals surface area contributed by atoms with Crippen molar-refractivity contribution in [2.45, 2.75) is 6.61 Å². The van der Waals surface area contributed by atoms with Crippen LogP contribution in [-0.4, -0.2) is 4.40 Å². The summed E-state index contributed by atoms with van der Waals surface area (Å²) in [5.74, 6) is 0.988. The van der Waals surface area contributed by atoms with Crippen LogP contribution in [0.2, 0.25) is 0 Å². The molecule has 3 heterocycles. The van der Waals surface area contributed by atoms with Crippen molar-refractivity contribution in [3.8, 4) is 16.9 Å². The summed E-state index contributed by atoms with van der Waals surface area (Å²) in [5, 5.41) is 0. The van der Waals surface area contributed by atoms with E-state index in [-0.39, 0.29) is 0 Å². The van der Waals surface area contributed by atoms with E-state index in [1.54, 1.807) is 0 Å². The first-order chi connectivity index (χ1) is 9.92. The first kappa shape index (κ1) is 10.5. The standard InChI is InChI=1S/C17H11NOS/c1-3-7-15-11(5-1)12-9-18-14-6-2-4-8-16(14)20-17(18)13(12)10-19-15/h1-9H,10H2. The molecule has 1 aliphatic heterocycles. The summed E-state index contributed by atoms with van der Waals surface area (Å²) >= 11 is 1.84. The van der Waals surface area contributed by atoms with Crippen LogP contribution in [0.15, 0.2) is 54.7 Å². The minimum Gasteiger partial charge on any atom is -0.488 e. The zero-order valence-corrected chi connectivity index (χ0v) is 11.5. The van der Waals surface area contributed by atoms with Gasteiger partial charge < -0.3 is 9.14 Å². The number of para-hydroxylation sites is 2. The van der Waals surface area contributed by atoms with E-state index >= 15 is 0 Å². The lowest BCUT2D eigenvalue weighted by Gasteiger charge is -2.17. The van der Waals surface area contributed by atoms with E-state index in [0.717, 1.165) is 5.75 Å². The van der Waals surface area contributed by atoms with Crippen LogP contribution in [0, 0.1) is 0 Å². The minimum absolute atomic E-state index is 0.662. The van der Waals surface area contributed by atoms with Crippen molar-refractivity contribution in [2.24, 2.45) is 0 Å². The van der Waals surface area contributed by atoms with Crippen LogP contribution >= 0.6 is 11.3 Å². The van der Waals surface area contributed by atoms with Crippen molar-refractivity contribution < 1.29 is 4.74 Å². The summed E-state index contributed by atoms with van der Waals surface area (Å²) < 4.78 is 9.53. The largest absolute Gasteiger partial charge is 0.488 e. The Balaban J connectivity index is 1.92. The fraction of sp³-hybridized carbons (Fsp3) is 0.0588. The number of thiazole rings is 1. The molecule has 0 radical (unpaired) electrons. The van der Waals surface area contributed by atoms with Crippen LogP contribution in [0.5, 0.6) is 5.75 Å². The Kier molecular flexibility index (Phi) is 1.92. The molecule has 3 heteroatoms. The van der Waals surface area contributed by atoms with Crippen LogP contribution in [0.3, 0.4) is 0 Å². The second-order valence-electron chi connectivity index (χ2n) is 5.05. The normalized spacial score (nSPS) is 13.2. The second kappa shape index (κ2) is 3.64. The van der Waals surface area contributed by atoms with Crippen LogP contribution in [0.4, 0.5) is 0 Å². The molecule has 0 fully saturated rings. The van der Waals surface area contributed by atoms with E-state index in [1.165, 1.54) is 31.7 Å². The third kappa shape index (κ3) is 1.23. The number of ether oxygens (including phenoxy) is 1. The lowest BCUT2D eigenvalue weighted by atomic mass is 10.0. The molecule has 0 unspecified atom stereocenters. The topological polar surface area (TPSA) is 13.6 Å². The molecule has 0 aliphatic carbocycles. The van der Waals surface area contributed by atoms with Crippen LogP contribution in [-0.2, 0) is 6.61 Å². The zero-order valence-electron chi connectivity index (χ0n) is 10.7. The predicted octanol–water partition coefficient (Wildman–Crippen LogP) is 4.71. The number of hydrogen-bond donors (Lipinski definition) is 0. The van der Waals surface area contributed by atoms with Crippen LogP contribution in [0.1, 0.15) is 5.56 Å². The predicted molar refractivity (Wildman–Crippen MR) is 82.5 cm³/mol. The molecule has 96 valence electrons. The fourth-order valence-corrected chi connectivity index (χ4v) is 4.17. The quantitative estimate of drug-likeness (QED) is 0.454. The van der Waals surface area contributed by atoms with Gasteiger partial charge in [0.05, 0.1) is 10.2 Å². The number of aromatic nitrogens is 1. The number of hydrogen-bond acceptors (Lipinski definition) is 2. The maximum Gasteiger partial charge on any atom is 0.127 e. The first-order valence-electron chi connectivity index (χ1n) is 6.65. The van der Waals surface area contributed by atoms with Gasteiger partial charge in [0, 0.05) is 22.9 Å². The molecule has 0 saturated heterocycles. The average Bonchev–Trinajstić information content (AvgIpc) is 3.03. The SMILES string of the molecule is c1ccc2c(c1)OCc1c-2cn2c1sc1ccccc12. The summed E-state index contributed by atoms with van der Waals surface area (Å²) in [7, 11) is 0. The van der Waals surface area contributed by atoms with Crippen molar-refractivity contribution in [2.75, 3.05) is 0 Å². The van der Waals surface area contributed by atoms with Gasteiger partial charge in [-0.15, -0.1) is 11.3 Å². The van der Waals surface area contributed by atoms with Crippen molar-refractivity contribution in [1.82, 2.24) is 4.40 Å². The molecule has 0 atom stereocenters. The van der Waals surface area contributed by atoms with E-state index < -0.39 is 0 Å². The van der Waals surface area contributed by atoms with Crippen molar-refractivity contribution in [3.63, 3.8) is 0 Å². The lowest BCUT2D eigenvalue weighted by molar-refractivity contribution is 0.304. The number of nitrogens with zero attached hydrogens (tertiary/aromatic N) is 1. The highest BCUT2D eigenvalue weighted by Crippen LogP contribution is 2.42. The molecule has 0 amide bonds. The molecule has 0 saturated carbocycles. The highest BCUT2D eigenvalue weighted by Gasteiger charge is 2.22. The third-order valence-corrected chi connectivity index (χ3v) is 5.14. The molecule has 0 spiro atoms. The summed E-state index contributed by atoms with van der Waals surface area (Å²) in [4.78, 5) is 1.30. The summed E-state index contributed by atoms with van der Waals surface area (Å²) in [6.45, 7) is 0.662. The van der Waals surface area contributed by atoms with Gasteiger partial charge in [-0.05, 0) is 18.2 Å². The van der Waals surface area contributed by atoms with E-state index in [2.05, 4.69) is 47.0 Å². The Hall–Kier alpha value is -2.26. The number of benzene rings is 2. The van der Waals surface area contributed by atoms with Gasteiger partial charge in [0.25, 0.3) is 0 Å². The van der Waals surface area contributed by atoms with Crippen LogP contribution in [0.25, 0.3) is 26.2 Å². The molecule has 0 N–H and O–H groups in total. The molecule has 2 aromatic carbocycles. The summed E-state index contributed by atoms with van der Waals surface area (Å²) in [6.07, 6.45) is 2.25. The van der Waals surface area contributed by atoms with Crippen molar-refractivity contribution in [1.29, 1.82) is 0 Å². The maximum absolute atomic E-state index is 5.91. The van der Waals surface area contributed by atoms with Gasteiger partial charge in [0.1, 0.15) is 17.2 Å². The van der Waals surface area contributed by atoms with E-state index in [4.69, 9.17) is 4.74 Å².